The zero-order valence-corrected chi connectivity index (χ0v) is 11.8. The van der Waals surface area contributed by atoms with Gasteiger partial charge in [0, 0.05) is 16.2 Å². The van der Waals surface area contributed by atoms with E-state index in [2.05, 4.69) is 4.72 Å². The molecule has 18 heavy (non-hydrogen) atoms. The third-order valence-corrected chi connectivity index (χ3v) is 5.49. The van der Waals surface area contributed by atoms with E-state index in [0.717, 1.165) is 12.8 Å². The Kier molecular flexibility index (Phi) is 4.32. The van der Waals surface area contributed by atoms with Crippen molar-refractivity contribution in [2.45, 2.75) is 40.8 Å². The number of rotatable bonds is 6. The van der Waals surface area contributed by atoms with Gasteiger partial charge in [-0.2, -0.15) is 0 Å². The van der Waals surface area contributed by atoms with Crippen LogP contribution in [0.2, 0.25) is 0 Å². The molecule has 1 unspecified atom stereocenters. The molecule has 0 saturated heterocycles. The van der Waals surface area contributed by atoms with Crippen LogP contribution in [-0.4, -0.2) is 31.4 Å². The summed E-state index contributed by atoms with van der Waals surface area (Å²) in [4.78, 5) is 0.995. The molecule has 2 rings (SSSR count). The van der Waals surface area contributed by atoms with Crippen LogP contribution in [0.1, 0.15) is 19.8 Å². The number of hydrogen-bond donors (Lipinski definition) is 2. The fourth-order valence-electron chi connectivity index (χ4n) is 1.51. The molecule has 0 amide bonds. The van der Waals surface area contributed by atoms with Gasteiger partial charge in [0.1, 0.15) is 0 Å². The third-order valence-electron chi connectivity index (χ3n) is 2.62. The zero-order valence-electron chi connectivity index (χ0n) is 10.2. The van der Waals surface area contributed by atoms with Crippen LogP contribution in [-0.2, 0) is 10.0 Å². The smallest absolute Gasteiger partial charge is 0.241 e. The van der Waals surface area contributed by atoms with Gasteiger partial charge < -0.3 is 5.11 Å². The van der Waals surface area contributed by atoms with Crippen molar-refractivity contribution in [3.8, 4) is 0 Å². The Bertz CT molecular complexity index is 512. The van der Waals surface area contributed by atoms with E-state index in [1.165, 1.54) is 11.8 Å². The maximum atomic E-state index is 12.2. The topological polar surface area (TPSA) is 66.4 Å². The number of sulfonamides is 1. The minimum atomic E-state index is -3.43. The summed E-state index contributed by atoms with van der Waals surface area (Å²) in [7, 11) is -3.43. The van der Waals surface area contributed by atoms with E-state index in [4.69, 9.17) is 5.11 Å². The molecule has 4 nitrogen and oxygen atoms in total. The van der Waals surface area contributed by atoms with Crippen molar-refractivity contribution >= 4 is 21.8 Å². The van der Waals surface area contributed by atoms with Crippen molar-refractivity contribution in [2.75, 3.05) is 6.61 Å². The first-order valence-electron chi connectivity index (χ1n) is 5.92. The standard InChI is InChI=1S/C12H17NO3S2/c1-9(8-14)17-11-4-2-3-5-12(11)18(15,16)13-10-6-7-10/h2-5,9-10,13-14H,6-8H2,1H3. The van der Waals surface area contributed by atoms with Crippen LogP contribution in [0.15, 0.2) is 34.1 Å². The number of nitrogens with one attached hydrogen (secondary N) is 1. The van der Waals surface area contributed by atoms with Crippen LogP contribution in [0.25, 0.3) is 0 Å². The predicted octanol–water partition coefficient (Wildman–Crippen LogP) is 1.60. The highest BCUT2D eigenvalue weighted by molar-refractivity contribution is 8.00. The highest BCUT2D eigenvalue weighted by Gasteiger charge is 2.29. The minimum Gasteiger partial charge on any atom is -0.395 e. The second kappa shape index (κ2) is 5.61. The van der Waals surface area contributed by atoms with E-state index in [1.54, 1.807) is 18.2 Å². The van der Waals surface area contributed by atoms with Crippen LogP contribution < -0.4 is 4.72 Å². The van der Waals surface area contributed by atoms with E-state index >= 15 is 0 Å². The highest BCUT2D eigenvalue weighted by atomic mass is 32.2. The van der Waals surface area contributed by atoms with Crippen molar-refractivity contribution in [1.82, 2.24) is 4.72 Å². The van der Waals surface area contributed by atoms with Crippen molar-refractivity contribution in [2.24, 2.45) is 0 Å². The van der Waals surface area contributed by atoms with Crippen LogP contribution in [0.5, 0.6) is 0 Å². The van der Waals surface area contributed by atoms with Gasteiger partial charge in [-0.3, -0.25) is 0 Å². The highest BCUT2D eigenvalue weighted by Crippen LogP contribution is 2.31. The average Bonchev–Trinajstić information content (AvgIpc) is 3.12. The second-order valence-corrected chi connectivity index (χ2v) is 7.62. The van der Waals surface area contributed by atoms with Gasteiger partial charge in [-0.1, -0.05) is 19.1 Å². The van der Waals surface area contributed by atoms with E-state index in [0.29, 0.717) is 9.79 Å². The van der Waals surface area contributed by atoms with Crippen molar-refractivity contribution in [3.05, 3.63) is 24.3 Å². The fourth-order valence-corrected chi connectivity index (χ4v) is 4.22. The molecule has 1 saturated carbocycles. The Labute approximate surface area is 112 Å². The Morgan fingerprint density at radius 2 is 2.11 bits per heavy atom. The first kappa shape index (κ1) is 13.9. The molecular weight excluding hydrogens is 270 g/mol. The van der Waals surface area contributed by atoms with Crippen molar-refractivity contribution in [1.29, 1.82) is 0 Å². The molecule has 0 bridgehead atoms. The molecule has 0 radical (unpaired) electrons. The Morgan fingerprint density at radius 3 is 2.72 bits per heavy atom. The molecule has 1 atom stereocenters. The number of benzene rings is 1. The number of aliphatic hydroxyl groups excluding tert-OH is 1. The SMILES string of the molecule is CC(CO)Sc1ccccc1S(=O)(=O)NC1CC1. The van der Waals surface area contributed by atoms with Crippen LogP contribution in [0.3, 0.4) is 0 Å². The molecule has 1 aliphatic rings. The van der Waals surface area contributed by atoms with E-state index in [9.17, 15) is 8.42 Å². The minimum absolute atomic E-state index is 0.0229. The molecule has 0 heterocycles. The molecule has 0 aliphatic heterocycles. The Morgan fingerprint density at radius 1 is 1.44 bits per heavy atom. The van der Waals surface area contributed by atoms with Gasteiger partial charge in [0.25, 0.3) is 0 Å². The summed E-state index contributed by atoms with van der Waals surface area (Å²) >= 11 is 1.38. The van der Waals surface area contributed by atoms with Crippen molar-refractivity contribution in [3.63, 3.8) is 0 Å². The summed E-state index contributed by atoms with van der Waals surface area (Å²) in [5.74, 6) is 0. The van der Waals surface area contributed by atoms with Gasteiger partial charge in [-0.05, 0) is 25.0 Å². The van der Waals surface area contributed by atoms with Crippen LogP contribution in [0.4, 0.5) is 0 Å². The molecule has 1 aliphatic carbocycles. The van der Waals surface area contributed by atoms with Gasteiger partial charge in [-0.25, -0.2) is 13.1 Å². The normalized spacial score (nSPS) is 17.7. The molecule has 0 aromatic heterocycles. The summed E-state index contributed by atoms with van der Waals surface area (Å²) < 4.78 is 27.0. The van der Waals surface area contributed by atoms with Crippen LogP contribution >= 0.6 is 11.8 Å². The van der Waals surface area contributed by atoms with E-state index < -0.39 is 10.0 Å². The quantitative estimate of drug-likeness (QED) is 0.780. The zero-order chi connectivity index (χ0) is 13.2. The third kappa shape index (κ3) is 3.47. The second-order valence-electron chi connectivity index (χ2n) is 4.45. The lowest BCUT2D eigenvalue weighted by Crippen LogP contribution is -2.26. The van der Waals surface area contributed by atoms with Gasteiger partial charge >= 0.3 is 0 Å². The van der Waals surface area contributed by atoms with Gasteiger partial charge in [-0.15, -0.1) is 11.8 Å². The molecule has 1 aromatic carbocycles. The lowest BCUT2D eigenvalue weighted by atomic mass is 10.4. The van der Waals surface area contributed by atoms with E-state index in [-0.39, 0.29) is 17.9 Å². The molecule has 6 heteroatoms. The summed E-state index contributed by atoms with van der Waals surface area (Å²) in [5.41, 5.74) is 0. The Balaban J connectivity index is 2.25. The molecular formula is C12H17NO3S2. The molecule has 100 valence electrons. The molecule has 2 N–H and O–H groups in total. The maximum Gasteiger partial charge on any atom is 0.241 e. The van der Waals surface area contributed by atoms with Gasteiger partial charge in [0.2, 0.25) is 10.0 Å². The van der Waals surface area contributed by atoms with Gasteiger partial charge in [0.05, 0.1) is 11.5 Å². The molecule has 1 aromatic rings. The largest absolute Gasteiger partial charge is 0.395 e. The molecule has 0 spiro atoms. The lowest BCUT2D eigenvalue weighted by Gasteiger charge is -2.13. The lowest BCUT2D eigenvalue weighted by molar-refractivity contribution is 0.300. The fraction of sp³-hybridized carbons (Fsp3) is 0.500. The first-order valence-corrected chi connectivity index (χ1v) is 8.28. The first-order chi connectivity index (χ1) is 8.53. The predicted molar refractivity (Wildman–Crippen MR) is 72.2 cm³/mol. The monoisotopic (exact) mass is 287 g/mol. The van der Waals surface area contributed by atoms with Crippen LogP contribution in [0, 0.1) is 0 Å². The summed E-state index contributed by atoms with van der Waals surface area (Å²) in [6, 6.07) is 7.01. The van der Waals surface area contributed by atoms with Gasteiger partial charge in [0.15, 0.2) is 0 Å². The van der Waals surface area contributed by atoms with E-state index in [1.807, 2.05) is 13.0 Å². The number of aliphatic hydroxyl groups is 1. The summed E-state index contributed by atoms with van der Waals surface area (Å²) in [6.07, 6.45) is 1.84. The Hall–Kier alpha value is -0.560. The number of thioether (sulfide) groups is 1. The average molecular weight is 287 g/mol. The maximum absolute atomic E-state index is 12.2. The summed E-state index contributed by atoms with van der Waals surface area (Å²) in [5, 5.41) is 9.03. The number of hydrogen-bond acceptors (Lipinski definition) is 4. The molecule has 1 fully saturated rings. The summed E-state index contributed by atoms with van der Waals surface area (Å²) in [6.45, 7) is 1.89. The van der Waals surface area contributed by atoms with Crippen molar-refractivity contribution < 1.29 is 13.5 Å².